The number of anilines is 1. The van der Waals surface area contributed by atoms with E-state index in [2.05, 4.69) is 27.5 Å². The van der Waals surface area contributed by atoms with Crippen molar-refractivity contribution in [1.82, 2.24) is 15.1 Å². The third kappa shape index (κ3) is 2.18. The fourth-order valence-electron chi connectivity index (χ4n) is 3.05. The molecule has 94 valence electrons. The molecule has 0 unspecified atom stereocenters. The number of aromatic amines is 1. The van der Waals surface area contributed by atoms with Gasteiger partial charge in [-0.15, -0.1) is 0 Å². The second kappa shape index (κ2) is 4.69. The predicted molar refractivity (Wildman–Crippen MR) is 69.5 cm³/mol. The summed E-state index contributed by atoms with van der Waals surface area (Å²) in [4.78, 5) is 2.42. The molecule has 2 N–H and O–H groups in total. The zero-order valence-corrected chi connectivity index (χ0v) is 10.6. The van der Waals surface area contributed by atoms with Gasteiger partial charge >= 0.3 is 0 Å². The molecule has 3 heterocycles. The summed E-state index contributed by atoms with van der Waals surface area (Å²) in [6, 6.07) is 0. The van der Waals surface area contributed by atoms with Crippen LogP contribution in [0.2, 0.25) is 0 Å². The van der Waals surface area contributed by atoms with Gasteiger partial charge in [0.15, 0.2) is 5.82 Å². The summed E-state index contributed by atoms with van der Waals surface area (Å²) in [5.74, 6) is 1.82. The average molecular weight is 234 g/mol. The van der Waals surface area contributed by atoms with E-state index < -0.39 is 0 Å². The second-order valence-corrected chi connectivity index (χ2v) is 5.43. The Morgan fingerprint density at radius 2 is 2.06 bits per heavy atom. The van der Waals surface area contributed by atoms with Crippen LogP contribution in [0.15, 0.2) is 0 Å². The number of likely N-dealkylation sites (tertiary alicyclic amines) is 1. The van der Waals surface area contributed by atoms with Crippen molar-refractivity contribution in [3.05, 3.63) is 11.3 Å². The number of H-pyrrole nitrogens is 1. The largest absolute Gasteiger partial charge is 0.368 e. The van der Waals surface area contributed by atoms with Crippen LogP contribution in [0, 0.1) is 0 Å². The summed E-state index contributed by atoms with van der Waals surface area (Å²) in [6.07, 6.45) is 6.29. The first-order valence-corrected chi connectivity index (χ1v) is 6.84. The lowest BCUT2D eigenvalue weighted by molar-refractivity contribution is 0.253. The Hall–Kier alpha value is -1.03. The van der Waals surface area contributed by atoms with Gasteiger partial charge in [0.2, 0.25) is 0 Å². The third-order valence-corrected chi connectivity index (χ3v) is 4.17. The standard InChI is InChI=1S/C13H22N4/c1-17-8-5-10(6-9-17)12-11-4-2-3-7-14-13(11)16-15-12/h10H,2-9H2,1H3,(H2,14,15,16). The number of hydrogen-bond acceptors (Lipinski definition) is 3. The molecule has 1 saturated heterocycles. The van der Waals surface area contributed by atoms with Crippen molar-refractivity contribution in [3.8, 4) is 0 Å². The maximum Gasteiger partial charge on any atom is 0.151 e. The maximum absolute atomic E-state index is 4.46. The Balaban J connectivity index is 1.81. The Bertz CT molecular complexity index is 377. The van der Waals surface area contributed by atoms with Crippen LogP contribution >= 0.6 is 0 Å². The molecule has 4 nitrogen and oxygen atoms in total. The normalized spacial score (nSPS) is 22.9. The van der Waals surface area contributed by atoms with E-state index in [1.54, 1.807) is 0 Å². The van der Waals surface area contributed by atoms with Crippen LogP contribution in [0.5, 0.6) is 0 Å². The highest BCUT2D eigenvalue weighted by Gasteiger charge is 2.25. The first-order valence-electron chi connectivity index (χ1n) is 6.84. The van der Waals surface area contributed by atoms with E-state index in [0.717, 1.165) is 12.4 Å². The van der Waals surface area contributed by atoms with Gasteiger partial charge in [-0.25, -0.2) is 0 Å². The molecule has 0 aromatic carbocycles. The van der Waals surface area contributed by atoms with Gasteiger partial charge in [-0.3, -0.25) is 5.10 Å². The van der Waals surface area contributed by atoms with Crippen LogP contribution in [-0.4, -0.2) is 41.8 Å². The van der Waals surface area contributed by atoms with Crippen molar-refractivity contribution in [1.29, 1.82) is 0 Å². The van der Waals surface area contributed by atoms with Crippen LogP contribution in [-0.2, 0) is 6.42 Å². The summed E-state index contributed by atoms with van der Waals surface area (Å²) >= 11 is 0. The van der Waals surface area contributed by atoms with Crippen molar-refractivity contribution in [2.45, 2.75) is 38.0 Å². The van der Waals surface area contributed by atoms with Gasteiger partial charge in [0.05, 0.1) is 0 Å². The van der Waals surface area contributed by atoms with E-state index in [9.17, 15) is 0 Å². The number of piperidine rings is 1. The molecular weight excluding hydrogens is 212 g/mol. The molecule has 0 radical (unpaired) electrons. The minimum absolute atomic E-state index is 0.697. The fourth-order valence-corrected chi connectivity index (χ4v) is 3.05. The van der Waals surface area contributed by atoms with Crippen LogP contribution in [0.25, 0.3) is 0 Å². The number of hydrogen-bond donors (Lipinski definition) is 2. The first kappa shape index (κ1) is 11.1. The molecule has 1 fully saturated rings. The second-order valence-electron chi connectivity index (χ2n) is 5.43. The van der Waals surface area contributed by atoms with Gasteiger partial charge in [0.1, 0.15) is 0 Å². The zero-order chi connectivity index (χ0) is 11.7. The number of rotatable bonds is 1. The summed E-state index contributed by atoms with van der Waals surface area (Å²) in [5.41, 5.74) is 2.89. The number of aromatic nitrogens is 2. The van der Waals surface area contributed by atoms with Crippen molar-refractivity contribution in [2.75, 3.05) is 32.0 Å². The van der Waals surface area contributed by atoms with Crippen LogP contribution in [0.1, 0.15) is 42.9 Å². The minimum atomic E-state index is 0.697. The van der Waals surface area contributed by atoms with Crippen LogP contribution in [0.4, 0.5) is 5.82 Å². The summed E-state index contributed by atoms with van der Waals surface area (Å²) in [6.45, 7) is 3.50. The lowest BCUT2D eigenvalue weighted by atomic mass is 9.90. The molecule has 0 saturated carbocycles. The molecule has 0 spiro atoms. The van der Waals surface area contributed by atoms with E-state index >= 15 is 0 Å². The lowest BCUT2D eigenvalue weighted by Gasteiger charge is -2.28. The lowest BCUT2D eigenvalue weighted by Crippen LogP contribution is -2.29. The Morgan fingerprint density at radius 3 is 2.88 bits per heavy atom. The topological polar surface area (TPSA) is 44.0 Å². The van der Waals surface area contributed by atoms with Crippen molar-refractivity contribution in [3.63, 3.8) is 0 Å². The molecule has 4 heteroatoms. The molecule has 17 heavy (non-hydrogen) atoms. The molecule has 2 aliphatic heterocycles. The highest BCUT2D eigenvalue weighted by atomic mass is 15.2. The Morgan fingerprint density at radius 1 is 1.24 bits per heavy atom. The van der Waals surface area contributed by atoms with Gasteiger partial charge in [-0.2, -0.15) is 5.10 Å². The molecule has 0 atom stereocenters. The Labute approximate surface area is 103 Å². The first-order chi connectivity index (χ1) is 8.34. The molecule has 1 aromatic rings. The van der Waals surface area contributed by atoms with Crippen LogP contribution < -0.4 is 5.32 Å². The highest BCUT2D eigenvalue weighted by Crippen LogP contribution is 2.33. The molecule has 0 aliphatic carbocycles. The monoisotopic (exact) mass is 234 g/mol. The number of fused-ring (bicyclic) bond motifs is 1. The fraction of sp³-hybridized carbons (Fsp3) is 0.769. The Kier molecular flexibility index (Phi) is 3.05. The molecule has 1 aromatic heterocycles. The molecule has 0 amide bonds. The van der Waals surface area contributed by atoms with Crippen molar-refractivity contribution >= 4 is 5.82 Å². The molecule has 0 bridgehead atoms. The van der Waals surface area contributed by atoms with Gasteiger partial charge in [0.25, 0.3) is 0 Å². The number of nitrogens with zero attached hydrogens (tertiary/aromatic N) is 2. The van der Waals surface area contributed by atoms with E-state index in [4.69, 9.17) is 0 Å². The van der Waals surface area contributed by atoms with Crippen molar-refractivity contribution < 1.29 is 0 Å². The average Bonchev–Trinajstić information content (AvgIpc) is 2.60. The van der Waals surface area contributed by atoms with Crippen molar-refractivity contribution in [2.24, 2.45) is 0 Å². The van der Waals surface area contributed by atoms with Gasteiger partial charge in [0, 0.05) is 23.7 Å². The van der Waals surface area contributed by atoms with Gasteiger partial charge in [-0.05, 0) is 52.2 Å². The summed E-state index contributed by atoms with van der Waals surface area (Å²) in [5, 5.41) is 11.2. The SMILES string of the molecule is CN1CCC(c2[nH]nc3c2CCCCN3)CC1. The molecule has 3 rings (SSSR count). The van der Waals surface area contributed by atoms with E-state index in [1.165, 1.54) is 56.5 Å². The van der Waals surface area contributed by atoms with E-state index in [0.29, 0.717) is 5.92 Å². The summed E-state index contributed by atoms with van der Waals surface area (Å²) < 4.78 is 0. The van der Waals surface area contributed by atoms with Crippen LogP contribution in [0.3, 0.4) is 0 Å². The number of nitrogens with one attached hydrogen (secondary N) is 2. The zero-order valence-electron chi connectivity index (χ0n) is 10.6. The van der Waals surface area contributed by atoms with Gasteiger partial charge in [-0.1, -0.05) is 0 Å². The predicted octanol–water partition coefficient (Wildman–Crippen LogP) is 1.97. The third-order valence-electron chi connectivity index (χ3n) is 4.17. The quantitative estimate of drug-likeness (QED) is 0.781. The summed E-state index contributed by atoms with van der Waals surface area (Å²) in [7, 11) is 2.21. The smallest absolute Gasteiger partial charge is 0.151 e. The molecular formula is C13H22N4. The maximum atomic E-state index is 4.46. The van der Waals surface area contributed by atoms with Gasteiger partial charge < -0.3 is 10.2 Å². The molecule has 2 aliphatic rings. The van der Waals surface area contributed by atoms with E-state index in [1.807, 2.05) is 0 Å². The van der Waals surface area contributed by atoms with E-state index in [-0.39, 0.29) is 0 Å². The highest BCUT2D eigenvalue weighted by molar-refractivity contribution is 5.48. The minimum Gasteiger partial charge on any atom is -0.368 e.